The van der Waals surface area contributed by atoms with Gasteiger partial charge in [0.1, 0.15) is 6.10 Å². The first-order chi connectivity index (χ1) is 8.13. The maximum Gasteiger partial charge on any atom is 0.338 e. The SMILES string of the molecule is C=C(Br)C[C@@H](CCC)OC(=O)c1ccccc1. The van der Waals surface area contributed by atoms with Gasteiger partial charge in [0.25, 0.3) is 0 Å². The van der Waals surface area contributed by atoms with Crippen LogP contribution in [-0.2, 0) is 4.74 Å². The minimum absolute atomic E-state index is 0.0976. The number of hydrogen-bond acceptors (Lipinski definition) is 2. The molecule has 0 saturated carbocycles. The van der Waals surface area contributed by atoms with Crippen LogP contribution in [0.25, 0.3) is 0 Å². The number of esters is 1. The molecule has 1 rings (SSSR count). The monoisotopic (exact) mass is 296 g/mol. The molecule has 0 radical (unpaired) electrons. The van der Waals surface area contributed by atoms with Gasteiger partial charge in [-0.3, -0.25) is 0 Å². The van der Waals surface area contributed by atoms with Crippen LogP contribution in [0.2, 0.25) is 0 Å². The first kappa shape index (κ1) is 14.0. The molecule has 0 heterocycles. The van der Waals surface area contributed by atoms with E-state index in [0.29, 0.717) is 12.0 Å². The van der Waals surface area contributed by atoms with Crippen LogP contribution in [0, 0.1) is 0 Å². The van der Waals surface area contributed by atoms with Crippen LogP contribution in [-0.4, -0.2) is 12.1 Å². The number of hydrogen-bond donors (Lipinski definition) is 0. The van der Waals surface area contributed by atoms with E-state index in [1.54, 1.807) is 12.1 Å². The summed E-state index contributed by atoms with van der Waals surface area (Å²) in [6.07, 6.45) is 2.39. The Balaban J connectivity index is 2.60. The lowest BCUT2D eigenvalue weighted by Crippen LogP contribution is -2.18. The Bertz CT molecular complexity index is 373. The second-order valence-corrected chi connectivity index (χ2v) is 5.02. The molecule has 0 unspecified atom stereocenters. The lowest BCUT2D eigenvalue weighted by atomic mass is 10.1. The highest BCUT2D eigenvalue weighted by atomic mass is 79.9. The molecule has 92 valence electrons. The number of ether oxygens (including phenoxy) is 1. The summed E-state index contributed by atoms with van der Waals surface area (Å²) in [5, 5.41) is 0. The summed E-state index contributed by atoms with van der Waals surface area (Å²) in [6, 6.07) is 9.05. The second kappa shape index (κ2) is 7.28. The van der Waals surface area contributed by atoms with Crippen molar-refractivity contribution in [2.45, 2.75) is 32.3 Å². The fourth-order valence-corrected chi connectivity index (χ4v) is 1.93. The molecular formula is C14H17BrO2. The van der Waals surface area contributed by atoms with Gasteiger partial charge in [-0.15, -0.1) is 0 Å². The molecule has 0 aliphatic carbocycles. The molecule has 1 atom stereocenters. The van der Waals surface area contributed by atoms with E-state index in [2.05, 4.69) is 29.4 Å². The average Bonchev–Trinajstić information content (AvgIpc) is 2.29. The number of carbonyl (C=O) groups excluding carboxylic acids is 1. The zero-order valence-electron chi connectivity index (χ0n) is 9.99. The van der Waals surface area contributed by atoms with Crippen molar-refractivity contribution in [1.29, 1.82) is 0 Å². The van der Waals surface area contributed by atoms with Crippen molar-refractivity contribution in [3.8, 4) is 0 Å². The summed E-state index contributed by atoms with van der Waals surface area (Å²) in [4.78, 5) is 11.8. The molecule has 0 aliphatic heterocycles. The van der Waals surface area contributed by atoms with Gasteiger partial charge in [-0.05, 0) is 23.0 Å². The molecule has 2 nitrogen and oxygen atoms in total. The number of benzene rings is 1. The van der Waals surface area contributed by atoms with Crippen LogP contribution in [0.4, 0.5) is 0 Å². The highest BCUT2D eigenvalue weighted by Gasteiger charge is 2.15. The Morgan fingerprint density at radius 2 is 2.06 bits per heavy atom. The van der Waals surface area contributed by atoms with Gasteiger partial charge < -0.3 is 4.74 Å². The summed E-state index contributed by atoms with van der Waals surface area (Å²) in [6.45, 7) is 5.85. The van der Waals surface area contributed by atoms with Crippen molar-refractivity contribution in [2.24, 2.45) is 0 Å². The van der Waals surface area contributed by atoms with E-state index in [1.807, 2.05) is 18.2 Å². The molecule has 0 saturated heterocycles. The maximum absolute atomic E-state index is 11.8. The molecule has 17 heavy (non-hydrogen) atoms. The first-order valence-electron chi connectivity index (χ1n) is 5.72. The minimum atomic E-state index is -0.266. The molecule has 0 aromatic heterocycles. The van der Waals surface area contributed by atoms with Gasteiger partial charge in [0.15, 0.2) is 0 Å². The van der Waals surface area contributed by atoms with Gasteiger partial charge in [-0.25, -0.2) is 4.79 Å². The van der Waals surface area contributed by atoms with Gasteiger partial charge in [-0.1, -0.05) is 54.1 Å². The van der Waals surface area contributed by atoms with Crippen molar-refractivity contribution < 1.29 is 9.53 Å². The zero-order valence-corrected chi connectivity index (χ0v) is 11.6. The quantitative estimate of drug-likeness (QED) is 0.731. The highest BCUT2D eigenvalue weighted by Crippen LogP contribution is 2.18. The average molecular weight is 297 g/mol. The first-order valence-corrected chi connectivity index (χ1v) is 6.52. The summed E-state index contributed by atoms with van der Waals surface area (Å²) in [5.74, 6) is -0.266. The van der Waals surface area contributed by atoms with Crippen LogP contribution in [0.3, 0.4) is 0 Å². The van der Waals surface area contributed by atoms with Gasteiger partial charge in [-0.2, -0.15) is 0 Å². The van der Waals surface area contributed by atoms with E-state index in [9.17, 15) is 4.79 Å². The van der Waals surface area contributed by atoms with E-state index in [1.165, 1.54) is 0 Å². The molecule has 0 fully saturated rings. The number of rotatable bonds is 6. The highest BCUT2D eigenvalue weighted by molar-refractivity contribution is 9.11. The van der Waals surface area contributed by atoms with Crippen LogP contribution in [0.5, 0.6) is 0 Å². The number of halogens is 1. The van der Waals surface area contributed by atoms with Gasteiger partial charge in [0, 0.05) is 6.42 Å². The fraction of sp³-hybridized carbons (Fsp3) is 0.357. The third-order valence-corrected chi connectivity index (χ3v) is 2.67. The lowest BCUT2D eigenvalue weighted by molar-refractivity contribution is 0.0286. The summed E-state index contributed by atoms with van der Waals surface area (Å²) in [5.41, 5.74) is 0.591. The van der Waals surface area contributed by atoms with E-state index >= 15 is 0 Å². The normalized spacial score (nSPS) is 11.9. The van der Waals surface area contributed by atoms with Crippen LogP contribution >= 0.6 is 15.9 Å². The topological polar surface area (TPSA) is 26.3 Å². The predicted octanol–water partition coefficient (Wildman–Crippen LogP) is 4.31. The van der Waals surface area contributed by atoms with Crippen LogP contribution in [0.15, 0.2) is 41.4 Å². The van der Waals surface area contributed by atoms with Crippen molar-refractivity contribution in [2.75, 3.05) is 0 Å². The predicted molar refractivity (Wildman–Crippen MR) is 73.2 cm³/mol. The van der Waals surface area contributed by atoms with Crippen LogP contribution in [0.1, 0.15) is 36.5 Å². The molecule has 0 spiro atoms. The Kier molecular flexibility index (Phi) is 5.98. The summed E-state index contributed by atoms with van der Waals surface area (Å²) in [7, 11) is 0. The molecule has 1 aromatic rings. The number of carbonyl (C=O) groups is 1. The van der Waals surface area contributed by atoms with Gasteiger partial charge in [0.05, 0.1) is 5.56 Å². The summed E-state index contributed by atoms with van der Waals surface area (Å²) < 4.78 is 6.32. The Hall–Kier alpha value is -1.09. The molecule has 0 amide bonds. The maximum atomic E-state index is 11.8. The minimum Gasteiger partial charge on any atom is -0.458 e. The Labute approximate surface area is 111 Å². The van der Waals surface area contributed by atoms with Crippen molar-refractivity contribution in [1.82, 2.24) is 0 Å². The molecule has 3 heteroatoms. The largest absolute Gasteiger partial charge is 0.458 e. The zero-order chi connectivity index (χ0) is 12.7. The van der Waals surface area contributed by atoms with Crippen molar-refractivity contribution in [3.05, 3.63) is 47.0 Å². The van der Waals surface area contributed by atoms with Gasteiger partial charge >= 0.3 is 5.97 Å². The van der Waals surface area contributed by atoms with E-state index in [0.717, 1.165) is 17.3 Å². The van der Waals surface area contributed by atoms with E-state index < -0.39 is 0 Å². The summed E-state index contributed by atoms with van der Waals surface area (Å²) >= 11 is 3.31. The fourth-order valence-electron chi connectivity index (χ4n) is 1.57. The second-order valence-electron chi connectivity index (χ2n) is 3.90. The van der Waals surface area contributed by atoms with Crippen molar-refractivity contribution in [3.63, 3.8) is 0 Å². The molecule has 0 bridgehead atoms. The van der Waals surface area contributed by atoms with Crippen molar-refractivity contribution >= 4 is 21.9 Å². The molecule has 0 aliphatic rings. The van der Waals surface area contributed by atoms with Crippen LogP contribution < -0.4 is 0 Å². The standard InChI is InChI=1S/C14H17BrO2/c1-3-7-13(10-11(2)15)17-14(16)12-8-5-4-6-9-12/h4-6,8-9,13H,2-3,7,10H2,1H3/t13-/m1/s1. The lowest BCUT2D eigenvalue weighted by Gasteiger charge is -2.16. The molecular weight excluding hydrogens is 280 g/mol. The third kappa shape index (κ3) is 5.18. The third-order valence-electron chi connectivity index (χ3n) is 2.34. The molecule has 1 aromatic carbocycles. The van der Waals surface area contributed by atoms with E-state index in [4.69, 9.17) is 4.74 Å². The van der Waals surface area contributed by atoms with E-state index in [-0.39, 0.29) is 12.1 Å². The smallest absolute Gasteiger partial charge is 0.338 e. The van der Waals surface area contributed by atoms with Gasteiger partial charge in [0.2, 0.25) is 0 Å². The molecule has 0 N–H and O–H groups in total. The Morgan fingerprint density at radius 1 is 1.41 bits per heavy atom. The Morgan fingerprint density at radius 3 is 2.59 bits per heavy atom.